The molecular formula is C15H29NO3. The fourth-order valence-electron chi connectivity index (χ4n) is 2.47. The van der Waals surface area contributed by atoms with Crippen LogP contribution in [-0.4, -0.2) is 36.4 Å². The molecule has 1 rings (SSSR count). The highest BCUT2D eigenvalue weighted by Crippen LogP contribution is 2.25. The molecule has 0 bridgehead atoms. The van der Waals surface area contributed by atoms with Gasteiger partial charge in [0.1, 0.15) is 6.61 Å². The Morgan fingerprint density at radius 3 is 2.84 bits per heavy atom. The summed E-state index contributed by atoms with van der Waals surface area (Å²) >= 11 is 0. The molecule has 1 aliphatic carbocycles. The van der Waals surface area contributed by atoms with Gasteiger partial charge in [0.25, 0.3) is 0 Å². The van der Waals surface area contributed by atoms with Crippen LogP contribution in [0.3, 0.4) is 0 Å². The van der Waals surface area contributed by atoms with E-state index < -0.39 is 6.10 Å². The molecule has 19 heavy (non-hydrogen) atoms. The summed E-state index contributed by atoms with van der Waals surface area (Å²) in [6, 6.07) is 0. The van der Waals surface area contributed by atoms with Crippen LogP contribution < -0.4 is 5.32 Å². The van der Waals surface area contributed by atoms with E-state index in [9.17, 15) is 9.90 Å². The maximum Gasteiger partial charge on any atom is 0.246 e. The predicted octanol–water partition coefficient (Wildman–Crippen LogP) is 2.10. The van der Waals surface area contributed by atoms with Gasteiger partial charge >= 0.3 is 0 Å². The van der Waals surface area contributed by atoms with Gasteiger partial charge in [-0.15, -0.1) is 0 Å². The Hall–Kier alpha value is -0.610. The minimum Gasteiger partial charge on any atom is -0.391 e. The number of amides is 1. The predicted molar refractivity (Wildman–Crippen MR) is 75.8 cm³/mol. The summed E-state index contributed by atoms with van der Waals surface area (Å²) in [5.74, 6) is 0.787. The lowest BCUT2D eigenvalue weighted by atomic mass is 9.89. The van der Waals surface area contributed by atoms with E-state index in [2.05, 4.69) is 12.2 Å². The zero-order valence-electron chi connectivity index (χ0n) is 12.5. The third kappa shape index (κ3) is 6.39. The molecule has 4 atom stereocenters. The molecule has 0 saturated heterocycles. The van der Waals surface area contributed by atoms with Crippen molar-refractivity contribution in [1.82, 2.24) is 5.32 Å². The molecule has 112 valence electrons. The second-order valence-corrected chi connectivity index (χ2v) is 5.96. The van der Waals surface area contributed by atoms with Crippen molar-refractivity contribution < 1.29 is 14.6 Å². The molecule has 2 N–H and O–H groups in total. The van der Waals surface area contributed by atoms with Crippen LogP contribution in [0.5, 0.6) is 0 Å². The van der Waals surface area contributed by atoms with E-state index in [-0.39, 0.29) is 24.5 Å². The van der Waals surface area contributed by atoms with Crippen molar-refractivity contribution in [2.45, 2.75) is 65.1 Å². The highest BCUT2D eigenvalue weighted by atomic mass is 16.5. The maximum absolute atomic E-state index is 11.6. The van der Waals surface area contributed by atoms with Crippen molar-refractivity contribution in [1.29, 1.82) is 0 Å². The number of aliphatic hydroxyl groups excluding tert-OH is 1. The van der Waals surface area contributed by atoms with E-state index >= 15 is 0 Å². The van der Waals surface area contributed by atoms with Crippen LogP contribution in [-0.2, 0) is 9.53 Å². The summed E-state index contributed by atoms with van der Waals surface area (Å²) in [6.45, 7) is 6.68. The van der Waals surface area contributed by atoms with Gasteiger partial charge in [-0.25, -0.2) is 0 Å². The molecule has 0 aliphatic heterocycles. The Bertz CT molecular complexity index is 270. The van der Waals surface area contributed by atoms with Crippen LogP contribution in [0.25, 0.3) is 0 Å². The quantitative estimate of drug-likeness (QED) is 0.745. The van der Waals surface area contributed by atoms with Crippen molar-refractivity contribution in [3.63, 3.8) is 0 Å². The summed E-state index contributed by atoms with van der Waals surface area (Å²) in [5.41, 5.74) is 0. The van der Waals surface area contributed by atoms with Crippen molar-refractivity contribution in [2.24, 2.45) is 11.8 Å². The highest BCUT2D eigenvalue weighted by Gasteiger charge is 2.20. The second-order valence-electron chi connectivity index (χ2n) is 5.96. The monoisotopic (exact) mass is 271 g/mol. The minimum atomic E-state index is -0.469. The second kappa shape index (κ2) is 8.54. The first-order valence-corrected chi connectivity index (χ1v) is 7.59. The number of carbonyl (C=O) groups is 1. The third-order valence-electron chi connectivity index (χ3n) is 4.15. The van der Waals surface area contributed by atoms with Gasteiger partial charge in [-0.2, -0.15) is 0 Å². The molecule has 4 nitrogen and oxygen atoms in total. The summed E-state index contributed by atoms with van der Waals surface area (Å²) in [6.07, 6.45) is 5.26. The molecule has 0 aromatic rings. The first-order chi connectivity index (χ1) is 9.02. The molecule has 1 fully saturated rings. The van der Waals surface area contributed by atoms with Gasteiger partial charge in [0.2, 0.25) is 5.91 Å². The fraction of sp³-hybridized carbons (Fsp3) is 0.933. The number of hydrogen-bond acceptors (Lipinski definition) is 3. The van der Waals surface area contributed by atoms with E-state index in [0.717, 1.165) is 19.3 Å². The molecular weight excluding hydrogens is 242 g/mol. The first kappa shape index (κ1) is 16.4. The lowest BCUT2D eigenvalue weighted by Crippen LogP contribution is -2.38. The topological polar surface area (TPSA) is 58.6 Å². The van der Waals surface area contributed by atoms with Gasteiger partial charge in [-0.1, -0.05) is 40.0 Å². The maximum atomic E-state index is 11.6. The molecule has 0 spiro atoms. The van der Waals surface area contributed by atoms with Crippen LogP contribution in [0.1, 0.15) is 52.9 Å². The van der Waals surface area contributed by atoms with E-state index in [1.54, 1.807) is 0 Å². The van der Waals surface area contributed by atoms with E-state index in [4.69, 9.17) is 4.74 Å². The SMILES string of the molecule is CCC(C)C(O)CNC(=O)COC1CCCC(C)C1. The molecule has 1 aliphatic rings. The van der Waals surface area contributed by atoms with Crippen LogP contribution in [0.2, 0.25) is 0 Å². The summed E-state index contributed by atoms with van der Waals surface area (Å²) in [4.78, 5) is 11.6. The Labute approximate surface area is 116 Å². The van der Waals surface area contributed by atoms with Crippen LogP contribution >= 0.6 is 0 Å². The Morgan fingerprint density at radius 1 is 1.47 bits per heavy atom. The molecule has 1 amide bonds. The highest BCUT2D eigenvalue weighted by molar-refractivity contribution is 5.77. The normalized spacial score (nSPS) is 26.7. The number of aliphatic hydroxyl groups is 1. The number of carbonyl (C=O) groups excluding carboxylic acids is 1. The van der Waals surface area contributed by atoms with Gasteiger partial charge in [-0.3, -0.25) is 4.79 Å². The van der Waals surface area contributed by atoms with Crippen LogP contribution in [0, 0.1) is 11.8 Å². The summed E-state index contributed by atoms with van der Waals surface area (Å²) in [5, 5.41) is 12.5. The summed E-state index contributed by atoms with van der Waals surface area (Å²) in [7, 11) is 0. The third-order valence-corrected chi connectivity index (χ3v) is 4.15. The average Bonchev–Trinajstić information content (AvgIpc) is 2.41. The van der Waals surface area contributed by atoms with Crippen LogP contribution in [0.4, 0.5) is 0 Å². The van der Waals surface area contributed by atoms with Crippen molar-refractivity contribution in [2.75, 3.05) is 13.2 Å². The van der Waals surface area contributed by atoms with Gasteiger partial charge in [-0.05, 0) is 24.7 Å². The van der Waals surface area contributed by atoms with E-state index in [1.807, 2.05) is 13.8 Å². The van der Waals surface area contributed by atoms with Crippen molar-refractivity contribution in [3.8, 4) is 0 Å². The van der Waals surface area contributed by atoms with Gasteiger partial charge < -0.3 is 15.2 Å². The average molecular weight is 271 g/mol. The van der Waals surface area contributed by atoms with E-state index in [1.165, 1.54) is 12.8 Å². The zero-order valence-corrected chi connectivity index (χ0v) is 12.5. The van der Waals surface area contributed by atoms with Gasteiger partial charge in [0.15, 0.2) is 0 Å². The molecule has 4 unspecified atom stereocenters. The lowest BCUT2D eigenvalue weighted by Gasteiger charge is -2.26. The molecule has 0 aromatic carbocycles. The molecule has 1 saturated carbocycles. The van der Waals surface area contributed by atoms with Gasteiger partial charge in [0.05, 0.1) is 12.2 Å². The lowest BCUT2D eigenvalue weighted by molar-refractivity contribution is -0.129. The number of hydrogen-bond donors (Lipinski definition) is 2. The largest absolute Gasteiger partial charge is 0.391 e. The smallest absolute Gasteiger partial charge is 0.246 e. The number of ether oxygens (including phenoxy) is 1. The molecule has 0 aromatic heterocycles. The molecule has 4 heteroatoms. The van der Waals surface area contributed by atoms with Crippen molar-refractivity contribution >= 4 is 5.91 Å². The first-order valence-electron chi connectivity index (χ1n) is 7.59. The number of rotatable bonds is 7. The minimum absolute atomic E-state index is 0.116. The van der Waals surface area contributed by atoms with Gasteiger partial charge in [0, 0.05) is 6.54 Å². The zero-order chi connectivity index (χ0) is 14.3. The summed E-state index contributed by atoms with van der Waals surface area (Å²) < 4.78 is 5.64. The molecule has 0 radical (unpaired) electrons. The Morgan fingerprint density at radius 2 is 2.21 bits per heavy atom. The van der Waals surface area contributed by atoms with Crippen LogP contribution in [0.15, 0.2) is 0 Å². The fourth-order valence-corrected chi connectivity index (χ4v) is 2.47. The van der Waals surface area contributed by atoms with E-state index in [0.29, 0.717) is 12.5 Å². The molecule has 0 heterocycles. The van der Waals surface area contributed by atoms with Crippen molar-refractivity contribution in [3.05, 3.63) is 0 Å². The standard InChI is InChI=1S/C15H29NO3/c1-4-12(3)14(17)9-16-15(18)10-19-13-7-5-6-11(2)8-13/h11-14,17H,4-10H2,1-3H3,(H,16,18). The number of nitrogens with one attached hydrogen (secondary N) is 1. The Kier molecular flexibility index (Phi) is 7.39. The Balaban J connectivity index is 2.14.